The van der Waals surface area contributed by atoms with E-state index in [0.29, 0.717) is 32.1 Å². The predicted molar refractivity (Wildman–Crippen MR) is 64.7 cm³/mol. The molecule has 0 aliphatic carbocycles. The molecule has 0 aliphatic heterocycles. The van der Waals surface area contributed by atoms with Crippen LogP contribution in [0.3, 0.4) is 0 Å². The Labute approximate surface area is 106 Å². The highest BCUT2D eigenvalue weighted by atomic mass is 16.5. The van der Waals surface area contributed by atoms with Gasteiger partial charge in [0.05, 0.1) is 24.4 Å². The van der Waals surface area contributed by atoms with E-state index in [-0.39, 0.29) is 6.42 Å². The summed E-state index contributed by atoms with van der Waals surface area (Å²) in [5.74, 6) is -0.422. The zero-order valence-electron chi connectivity index (χ0n) is 10.9. The van der Waals surface area contributed by atoms with Crippen molar-refractivity contribution in [2.75, 3.05) is 20.3 Å². The Morgan fingerprint density at radius 3 is 2.89 bits per heavy atom. The number of aryl methyl sites for hydroxylation is 1. The molecule has 0 saturated carbocycles. The molecule has 102 valence electrons. The molecular formula is C11H20N4O3. The lowest BCUT2D eigenvalue weighted by Crippen LogP contribution is -2.16. The Bertz CT molecular complexity index is 378. The van der Waals surface area contributed by atoms with Crippen LogP contribution in [0.2, 0.25) is 0 Å². The average Bonchev–Trinajstić information content (AvgIpc) is 2.68. The van der Waals surface area contributed by atoms with Crippen LogP contribution in [0.15, 0.2) is 0 Å². The molecule has 1 aromatic rings. The normalized spacial score (nSPS) is 10.8. The number of carbonyl (C=O) groups excluding carboxylic acids is 1. The maximum atomic E-state index is 10.9. The molecule has 0 bridgehead atoms. The maximum Gasteiger partial charge on any atom is 0.223 e. The average molecular weight is 256 g/mol. The predicted octanol–water partition coefficient (Wildman–Crippen LogP) is -0.121. The van der Waals surface area contributed by atoms with Crippen molar-refractivity contribution >= 4 is 5.91 Å². The van der Waals surface area contributed by atoms with Gasteiger partial charge in [0.1, 0.15) is 0 Å². The Kier molecular flexibility index (Phi) is 6.31. The minimum absolute atomic E-state index is 0.0875. The van der Waals surface area contributed by atoms with Crippen LogP contribution in [-0.4, -0.2) is 41.2 Å². The zero-order valence-corrected chi connectivity index (χ0v) is 10.9. The monoisotopic (exact) mass is 256 g/mol. The van der Waals surface area contributed by atoms with Gasteiger partial charge in [0, 0.05) is 26.9 Å². The molecule has 1 aromatic heterocycles. The molecule has 0 radical (unpaired) electrons. The highest BCUT2D eigenvalue weighted by molar-refractivity contribution is 5.76. The number of nitrogens with two attached hydrogens (primary N) is 1. The fraction of sp³-hybridized carbons (Fsp3) is 0.727. The van der Waals surface area contributed by atoms with Crippen LogP contribution in [0.1, 0.15) is 24.7 Å². The topological polar surface area (TPSA) is 92.3 Å². The summed E-state index contributed by atoms with van der Waals surface area (Å²) in [4.78, 5) is 10.9. The molecule has 0 aromatic carbocycles. The summed E-state index contributed by atoms with van der Waals surface area (Å²) in [5.41, 5.74) is 6.54. The minimum atomic E-state index is -0.422. The summed E-state index contributed by atoms with van der Waals surface area (Å²) < 4.78 is 12.1. The lowest BCUT2D eigenvalue weighted by molar-refractivity contribution is -0.117. The van der Waals surface area contributed by atoms with E-state index < -0.39 is 5.91 Å². The van der Waals surface area contributed by atoms with Gasteiger partial charge in [0.25, 0.3) is 0 Å². The summed E-state index contributed by atoms with van der Waals surface area (Å²) in [6.45, 7) is 4.38. The molecule has 0 fully saturated rings. The second kappa shape index (κ2) is 7.78. The van der Waals surface area contributed by atoms with Gasteiger partial charge in [-0.2, -0.15) is 0 Å². The zero-order chi connectivity index (χ0) is 13.4. The first-order chi connectivity index (χ1) is 8.69. The first-order valence-electron chi connectivity index (χ1n) is 5.95. The van der Waals surface area contributed by atoms with Gasteiger partial charge < -0.3 is 15.2 Å². The fourth-order valence-corrected chi connectivity index (χ4v) is 1.61. The van der Waals surface area contributed by atoms with E-state index in [4.69, 9.17) is 15.2 Å². The molecule has 1 rings (SSSR count). The Morgan fingerprint density at radius 1 is 1.50 bits per heavy atom. The van der Waals surface area contributed by atoms with Crippen molar-refractivity contribution in [1.29, 1.82) is 0 Å². The van der Waals surface area contributed by atoms with Crippen LogP contribution in [0, 0.1) is 0 Å². The maximum absolute atomic E-state index is 10.9. The third kappa shape index (κ3) is 4.42. The minimum Gasteiger partial charge on any atom is -0.382 e. The molecule has 1 heterocycles. The molecule has 0 spiro atoms. The fourth-order valence-electron chi connectivity index (χ4n) is 1.61. The highest BCUT2D eigenvalue weighted by Crippen LogP contribution is 2.08. The third-order valence-electron chi connectivity index (χ3n) is 2.40. The number of hydrogen-bond donors (Lipinski definition) is 1. The van der Waals surface area contributed by atoms with Crippen molar-refractivity contribution in [3.63, 3.8) is 0 Å². The summed E-state index contributed by atoms with van der Waals surface area (Å²) in [5, 5.41) is 7.97. The number of hydrogen-bond acceptors (Lipinski definition) is 5. The number of primary amides is 1. The molecule has 18 heavy (non-hydrogen) atoms. The van der Waals surface area contributed by atoms with Crippen LogP contribution in [0.5, 0.6) is 0 Å². The Hall–Kier alpha value is -1.47. The molecule has 0 atom stereocenters. The van der Waals surface area contributed by atoms with E-state index in [9.17, 15) is 4.79 Å². The Balaban J connectivity index is 2.65. The number of amides is 1. The van der Waals surface area contributed by atoms with E-state index in [0.717, 1.165) is 12.1 Å². The Morgan fingerprint density at radius 2 is 2.28 bits per heavy atom. The van der Waals surface area contributed by atoms with Gasteiger partial charge in [-0.15, -0.1) is 5.10 Å². The second-order valence-electron chi connectivity index (χ2n) is 3.83. The molecule has 0 aliphatic rings. The van der Waals surface area contributed by atoms with E-state index in [2.05, 4.69) is 10.3 Å². The van der Waals surface area contributed by atoms with Gasteiger partial charge in [-0.3, -0.25) is 4.79 Å². The number of ether oxygens (including phenoxy) is 2. The van der Waals surface area contributed by atoms with E-state index >= 15 is 0 Å². The molecule has 2 N–H and O–H groups in total. The van der Waals surface area contributed by atoms with E-state index in [1.165, 1.54) is 0 Å². The summed E-state index contributed by atoms with van der Waals surface area (Å²) in [6, 6.07) is 0. The van der Waals surface area contributed by atoms with Gasteiger partial charge in [0.2, 0.25) is 5.91 Å². The van der Waals surface area contributed by atoms with Crippen molar-refractivity contribution in [3.05, 3.63) is 11.4 Å². The lowest BCUT2D eigenvalue weighted by Gasteiger charge is -2.07. The quantitative estimate of drug-likeness (QED) is 0.622. The van der Waals surface area contributed by atoms with Crippen LogP contribution in [-0.2, 0) is 33.8 Å². The molecular weight excluding hydrogens is 236 g/mol. The van der Waals surface area contributed by atoms with Crippen molar-refractivity contribution in [3.8, 4) is 0 Å². The van der Waals surface area contributed by atoms with E-state index in [1.54, 1.807) is 11.8 Å². The molecule has 0 saturated heterocycles. The van der Waals surface area contributed by atoms with Crippen LogP contribution in [0.4, 0.5) is 0 Å². The molecule has 1 amide bonds. The van der Waals surface area contributed by atoms with Crippen molar-refractivity contribution in [2.45, 2.75) is 32.9 Å². The van der Waals surface area contributed by atoms with Crippen molar-refractivity contribution in [1.82, 2.24) is 15.0 Å². The summed E-state index contributed by atoms with van der Waals surface area (Å²) in [6.07, 6.45) is 0.925. The first kappa shape index (κ1) is 14.6. The smallest absolute Gasteiger partial charge is 0.223 e. The number of rotatable bonds is 9. The number of carbonyl (C=O) groups is 1. The van der Waals surface area contributed by atoms with Crippen LogP contribution >= 0.6 is 0 Å². The van der Waals surface area contributed by atoms with Crippen molar-refractivity contribution < 1.29 is 14.3 Å². The molecule has 7 heteroatoms. The van der Waals surface area contributed by atoms with Gasteiger partial charge in [-0.05, 0) is 13.3 Å². The van der Waals surface area contributed by atoms with Gasteiger partial charge >= 0.3 is 0 Å². The standard InChI is InChI=1S/C11H20N4O3/c1-3-18-6-4-5-15-10(8-17-2)9(13-14-15)7-11(12)16/h3-8H2,1-2H3,(H2,12,16). The number of nitrogens with zero attached hydrogens (tertiary/aromatic N) is 3. The van der Waals surface area contributed by atoms with Gasteiger partial charge in [-0.1, -0.05) is 5.21 Å². The summed E-state index contributed by atoms with van der Waals surface area (Å²) >= 11 is 0. The largest absolute Gasteiger partial charge is 0.382 e. The SMILES string of the molecule is CCOCCCn1nnc(CC(N)=O)c1COC. The number of methoxy groups -OCH3 is 1. The lowest BCUT2D eigenvalue weighted by atomic mass is 10.2. The first-order valence-corrected chi connectivity index (χ1v) is 5.95. The molecule has 0 unspecified atom stereocenters. The van der Waals surface area contributed by atoms with Crippen LogP contribution < -0.4 is 5.73 Å². The van der Waals surface area contributed by atoms with E-state index in [1.807, 2.05) is 6.92 Å². The number of aromatic nitrogens is 3. The molecule has 7 nitrogen and oxygen atoms in total. The van der Waals surface area contributed by atoms with Crippen LogP contribution in [0.25, 0.3) is 0 Å². The van der Waals surface area contributed by atoms with Gasteiger partial charge in [0.15, 0.2) is 0 Å². The van der Waals surface area contributed by atoms with Crippen molar-refractivity contribution in [2.24, 2.45) is 5.73 Å². The van der Waals surface area contributed by atoms with Gasteiger partial charge in [-0.25, -0.2) is 4.68 Å². The summed E-state index contributed by atoms with van der Waals surface area (Å²) in [7, 11) is 1.59. The second-order valence-corrected chi connectivity index (χ2v) is 3.83. The highest BCUT2D eigenvalue weighted by Gasteiger charge is 2.14. The third-order valence-corrected chi connectivity index (χ3v) is 2.40.